The van der Waals surface area contributed by atoms with Gasteiger partial charge in [0.05, 0.1) is 13.0 Å². The first-order valence-corrected chi connectivity index (χ1v) is 7.08. The second kappa shape index (κ2) is 6.09. The van der Waals surface area contributed by atoms with Crippen LogP contribution in [-0.2, 0) is 9.53 Å². The zero-order chi connectivity index (χ0) is 13.8. The van der Waals surface area contributed by atoms with E-state index in [1.54, 1.807) is 0 Å². The average molecular weight is 261 g/mol. The Morgan fingerprint density at radius 3 is 2.84 bits per heavy atom. The van der Waals surface area contributed by atoms with E-state index in [4.69, 9.17) is 4.74 Å². The summed E-state index contributed by atoms with van der Waals surface area (Å²) in [5.74, 6) is -0.221. The molecule has 0 spiro atoms. The molecule has 0 saturated heterocycles. The van der Waals surface area contributed by atoms with Crippen molar-refractivity contribution < 1.29 is 9.53 Å². The number of ether oxygens (including phenoxy) is 1. The number of rotatable bonds is 4. The lowest BCUT2D eigenvalue weighted by atomic mass is 9.84. The Labute approximate surface area is 115 Å². The van der Waals surface area contributed by atoms with Gasteiger partial charge in [-0.1, -0.05) is 38.0 Å². The number of hydrogen-bond acceptors (Lipinski definition) is 3. The van der Waals surface area contributed by atoms with Gasteiger partial charge < -0.3 is 9.64 Å². The summed E-state index contributed by atoms with van der Waals surface area (Å²) in [6.07, 6.45) is 4.38. The molecule has 1 aliphatic rings. The predicted octanol–water partition coefficient (Wildman–Crippen LogP) is 3.34. The molecule has 19 heavy (non-hydrogen) atoms. The Bertz CT molecular complexity index is 444. The number of fused-ring (bicyclic) bond motifs is 1. The van der Waals surface area contributed by atoms with Gasteiger partial charge in [-0.05, 0) is 24.5 Å². The monoisotopic (exact) mass is 261 g/mol. The van der Waals surface area contributed by atoms with Gasteiger partial charge in [0.2, 0.25) is 0 Å². The fourth-order valence-corrected chi connectivity index (χ4v) is 2.97. The second-order valence-corrected chi connectivity index (χ2v) is 5.28. The molecular formula is C16H23NO2. The molecule has 3 heteroatoms. The molecule has 1 aromatic carbocycles. The van der Waals surface area contributed by atoms with Crippen LogP contribution >= 0.6 is 0 Å². The molecule has 0 bridgehead atoms. The first-order chi connectivity index (χ1) is 9.19. The highest BCUT2D eigenvalue weighted by Gasteiger charge is 2.34. The van der Waals surface area contributed by atoms with Crippen LogP contribution in [0.4, 0.5) is 5.69 Å². The molecule has 2 rings (SSSR count). The third-order valence-corrected chi connectivity index (χ3v) is 4.12. The number of para-hydroxylation sites is 1. The van der Waals surface area contributed by atoms with Crippen LogP contribution in [0.15, 0.2) is 24.3 Å². The molecule has 104 valence electrons. The van der Waals surface area contributed by atoms with Crippen molar-refractivity contribution in [3.63, 3.8) is 0 Å². The van der Waals surface area contributed by atoms with E-state index in [0.717, 1.165) is 18.4 Å². The predicted molar refractivity (Wildman–Crippen MR) is 77.5 cm³/mol. The highest BCUT2D eigenvalue weighted by atomic mass is 16.5. The maximum Gasteiger partial charge on any atom is 0.313 e. The lowest BCUT2D eigenvalue weighted by molar-refractivity contribution is -0.142. The minimum absolute atomic E-state index is 0.109. The van der Waals surface area contributed by atoms with Gasteiger partial charge in [0, 0.05) is 18.8 Å². The zero-order valence-electron chi connectivity index (χ0n) is 12.1. The molecule has 0 saturated carbocycles. The van der Waals surface area contributed by atoms with Crippen molar-refractivity contribution in [3.05, 3.63) is 29.8 Å². The van der Waals surface area contributed by atoms with Crippen LogP contribution in [0.3, 0.4) is 0 Å². The highest BCUT2D eigenvalue weighted by Crippen LogP contribution is 2.39. The van der Waals surface area contributed by atoms with Crippen molar-refractivity contribution in [2.75, 3.05) is 19.1 Å². The number of unbranched alkanes of at least 4 members (excludes halogenated alkanes) is 1. The van der Waals surface area contributed by atoms with Crippen molar-refractivity contribution in [1.82, 2.24) is 0 Å². The van der Waals surface area contributed by atoms with Crippen molar-refractivity contribution in [2.45, 2.75) is 44.6 Å². The largest absolute Gasteiger partial charge is 0.469 e. The summed E-state index contributed by atoms with van der Waals surface area (Å²) in [6, 6.07) is 8.60. The summed E-state index contributed by atoms with van der Waals surface area (Å²) in [7, 11) is 3.61. The van der Waals surface area contributed by atoms with Crippen molar-refractivity contribution in [2.24, 2.45) is 0 Å². The van der Waals surface area contributed by atoms with E-state index in [-0.39, 0.29) is 11.9 Å². The minimum atomic E-state index is -0.112. The van der Waals surface area contributed by atoms with Crippen molar-refractivity contribution in [3.8, 4) is 0 Å². The number of methoxy groups -OCH3 is 1. The van der Waals surface area contributed by atoms with Crippen molar-refractivity contribution in [1.29, 1.82) is 0 Å². The van der Waals surface area contributed by atoms with Crippen LogP contribution in [-0.4, -0.2) is 26.2 Å². The number of benzene rings is 1. The minimum Gasteiger partial charge on any atom is -0.469 e. The van der Waals surface area contributed by atoms with Gasteiger partial charge in [-0.15, -0.1) is 0 Å². The molecular weight excluding hydrogens is 238 g/mol. The van der Waals surface area contributed by atoms with Gasteiger partial charge in [-0.2, -0.15) is 0 Å². The Morgan fingerprint density at radius 1 is 1.42 bits per heavy atom. The van der Waals surface area contributed by atoms with Gasteiger partial charge in [0.15, 0.2) is 0 Å². The standard InChI is InChI=1S/C16H23NO2/c1-4-5-8-12-11-14(16(18)19-3)13-9-6-7-10-15(13)17(12)2/h6-7,9-10,12,14H,4-5,8,11H2,1-3H3/t12-,14+/m1/s1. The molecule has 0 unspecified atom stereocenters. The number of hydrogen-bond donors (Lipinski definition) is 0. The van der Waals surface area contributed by atoms with Gasteiger partial charge in [0.1, 0.15) is 0 Å². The third-order valence-electron chi connectivity index (χ3n) is 4.12. The van der Waals surface area contributed by atoms with E-state index >= 15 is 0 Å². The SMILES string of the molecule is CCCC[C@@H]1C[C@H](C(=O)OC)c2ccccc2N1C. The van der Waals surface area contributed by atoms with Gasteiger partial charge in [-0.25, -0.2) is 0 Å². The average Bonchev–Trinajstić information content (AvgIpc) is 2.46. The van der Waals surface area contributed by atoms with Crippen LogP contribution in [0.2, 0.25) is 0 Å². The molecule has 0 amide bonds. The summed E-state index contributed by atoms with van der Waals surface area (Å²) < 4.78 is 4.98. The summed E-state index contributed by atoms with van der Waals surface area (Å²) >= 11 is 0. The molecule has 1 aliphatic heterocycles. The summed E-state index contributed by atoms with van der Waals surface area (Å²) in [6.45, 7) is 2.20. The van der Waals surface area contributed by atoms with Gasteiger partial charge >= 0.3 is 5.97 Å². The number of anilines is 1. The first-order valence-electron chi connectivity index (χ1n) is 7.08. The van der Waals surface area contributed by atoms with E-state index in [2.05, 4.69) is 24.9 Å². The fraction of sp³-hybridized carbons (Fsp3) is 0.562. The van der Waals surface area contributed by atoms with E-state index in [1.165, 1.54) is 25.6 Å². The first kappa shape index (κ1) is 13.9. The number of esters is 1. The maximum absolute atomic E-state index is 12.0. The third kappa shape index (κ3) is 2.75. The zero-order valence-corrected chi connectivity index (χ0v) is 12.1. The molecule has 0 radical (unpaired) electrons. The lowest BCUT2D eigenvalue weighted by Gasteiger charge is -2.39. The fourth-order valence-electron chi connectivity index (χ4n) is 2.97. The normalized spacial score (nSPS) is 21.9. The topological polar surface area (TPSA) is 29.5 Å². The number of nitrogens with zero attached hydrogens (tertiary/aromatic N) is 1. The Hall–Kier alpha value is -1.51. The molecule has 3 nitrogen and oxygen atoms in total. The van der Waals surface area contributed by atoms with Gasteiger partial charge in [0.25, 0.3) is 0 Å². The smallest absolute Gasteiger partial charge is 0.313 e. The quantitative estimate of drug-likeness (QED) is 0.778. The Kier molecular flexibility index (Phi) is 4.46. The number of carbonyl (C=O) groups is 1. The highest BCUT2D eigenvalue weighted by molar-refractivity contribution is 5.82. The molecule has 1 heterocycles. The van der Waals surface area contributed by atoms with Gasteiger partial charge in [-0.3, -0.25) is 4.79 Å². The van der Waals surface area contributed by atoms with Crippen LogP contribution in [0.5, 0.6) is 0 Å². The molecule has 0 aliphatic carbocycles. The summed E-state index contributed by atoms with van der Waals surface area (Å²) in [5.41, 5.74) is 2.27. The van der Waals surface area contributed by atoms with Crippen LogP contribution < -0.4 is 4.90 Å². The van der Waals surface area contributed by atoms with E-state index in [0.29, 0.717) is 6.04 Å². The Balaban J connectivity index is 2.31. The van der Waals surface area contributed by atoms with Crippen molar-refractivity contribution >= 4 is 11.7 Å². The molecule has 1 aromatic rings. The van der Waals surface area contributed by atoms with E-state index < -0.39 is 0 Å². The molecule has 0 fully saturated rings. The summed E-state index contributed by atoms with van der Waals surface area (Å²) in [5, 5.41) is 0. The van der Waals surface area contributed by atoms with Crippen LogP contribution in [0.25, 0.3) is 0 Å². The Morgan fingerprint density at radius 2 is 2.16 bits per heavy atom. The molecule has 0 aromatic heterocycles. The van der Waals surface area contributed by atoms with Crippen LogP contribution in [0.1, 0.15) is 44.1 Å². The van der Waals surface area contributed by atoms with E-state index in [9.17, 15) is 4.79 Å². The molecule has 2 atom stereocenters. The number of carbonyl (C=O) groups excluding carboxylic acids is 1. The summed E-state index contributed by atoms with van der Waals surface area (Å²) in [4.78, 5) is 14.3. The lowest BCUT2D eigenvalue weighted by Crippen LogP contribution is -2.39. The van der Waals surface area contributed by atoms with E-state index in [1.807, 2.05) is 18.2 Å². The van der Waals surface area contributed by atoms with Crippen LogP contribution in [0, 0.1) is 0 Å². The maximum atomic E-state index is 12.0. The molecule has 0 N–H and O–H groups in total. The second-order valence-electron chi connectivity index (χ2n) is 5.28.